The number of hydrogen-bond donors (Lipinski definition) is 3. The van der Waals surface area contributed by atoms with Gasteiger partial charge in [0, 0.05) is 5.02 Å². The first-order valence-corrected chi connectivity index (χ1v) is 8.84. The van der Waals surface area contributed by atoms with Crippen LogP contribution in [-0.2, 0) is 10.3 Å². The molecule has 31 heavy (non-hydrogen) atoms. The Morgan fingerprint density at radius 1 is 1.13 bits per heavy atom. The quantitative estimate of drug-likeness (QED) is 0.557. The highest BCUT2D eigenvalue weighted by Gasteiger charge is 2.68. The van der Waals surface area contributed by atoms with Crippen molar-refractivity contribution in [2.45, 2.75) is 11.7 Å². The molecule has 9 nitrogen and oxygen atoms in total. The zero-order valence-corrected chi connectivity index (χ0v) is 15.8. The number of rotatable bonds is 3. The zero-order chi connectivity index (χ0) is 22.6. The molecule has 2 amide bonds. The lowest BCUT2D eigenvalue weighted by atomic mass is 9.91. The number of alkyl halides is 3. The Morgan fingerprint density at radius 2 is 1.81 bits per heavy atom. The van der Waals surface area contributed by atoms with Crippen molar-refractivity contribution in [2.24, 2.45) is 0 Å². The van der Waals surface area contributed by atoms with Crippen LogP contribution in [0.2, 0.25) is 5.02 Å². The Labute approximate surface area is 174 Å². The molecule has 1 aliphatic heterocycles. The number of anilines is 1. The number of aromatic nitrogens is 2. The average Bonchev–Trinajstić information content (AvgIpc) is 3.30. The molecule has 1 aromatic carbocycles. The summed E-state index contributed by atoms with van der Waals surface area (Å²) in [7, 11) is 0. The molecule has 0 fully saturated rings. The van der Waals surface area contributed by atoms with E-state index in [1.54, 1.807) is 10.3 Å². The molecule has 1 atom stereocenters. The van der Waals surface area contributed by atoms with Crippen LogP contribution in [0.15, 0.2) is 56.7 Å². The van der Waals surface area contributed by atoms with Gasteiger partial charge in [-0.05, 0) is 36.4 Å². The minimum atomic E-state index is -5.46. The third kappa shape index (κ3) is 3.03. The fraction of sp³-hybridized carbons (Fsp3) is 0.111. The Hall–Kier alpha value is -3.80. The van der Waals surface area contributed by atoms with Gasteiger partial charge in [-0.15, -0.1) is 0 Å². The van der Waals surface area contributed by atoms with Gasteiger partial charge in [0.15, 0.2) is 5.76 Å². The topological polar surface area (TPSA) is 126 Å². The predicted molar refractivity (Wildman–Crippen MR) is 100 cm³/mol. The van der Waals surface area contributed by atoms with Crippen LogP contribution in [0.5, 0.6) is 0 Å². The van der Waals surface area contributed by atoms with Gasteiger partial charge in [0.2, 0.25) is 0 Å². The van der Waals surface area contributed by atoms with Crippen molar-refractivity contribution in [1.82, 2.24) is 14.9 Å². The molecular weight excluding hydrogens is 445 g/mol. The largest absolute Gasteiger partial charge is 0.459 e. The second-order valence-corrected chi connectivity index (χ2v) is 6.86. The molecule has 0 radical (unpaired) electrons. The van der Waals surface area contributed by atoms with Gasteiger partial charge in [0.25, 0.3) is 22.9 Å². The summed E-state index contributed by atoms with van der Waals surface area (Å²) in [6.45, 7) is 0. The summed E-state index contributed by atoms with van der Waals surface area (Å²) in [4.78, 5) is 51.6. The lowest BCUT2D eigenvalue weighted by Crippen LogP contribution is -2.62. The normalized spacial score (nSPS) is 17.9. The molecule has 1 aliphatic rings. The fourth-order valence-corrected chi connectivity index (χ4v) is 3.38. The van der Waals surface area contributed by atoms with Crippen molar-refractivity contribution in [3.63, 3.8) is 0 Å². The van der Waals surface area contributed by atoms with E-state index in [1.165, 1.54) is 30.3 Å². The maximum atomic E-state index is 14.3. The number of fused-ring (bicyclic) bond motifs is 1. The number of furan rings is 1. The summed E-state index contributed by atoms with van der Waals surface area (Å²) < 4.78 is 48.2. The minimum Gasteiger partial charge on any atom is -0.459 e. The SMILES string of the molecule is O=C(NC1(C(F)(F)F)C(=O)Nc2c1c(=O)[nH]c(=O)n2-c1ccc(Cl)cc1)c1ccco1. The molecule has 0 spiro atoms. The molecule has 3 aromatic rings. The molecule has 0 aliphatic carbocycles. The Balaban J connectivity index is 2.00. The number of carbonyl (C=O) groups excluding carboxylic acids is 2. The third-order valence-corrected chi connectivity index (χ3v) is 4.87. The van der Waals surface area contributed by atoms with E-state index in [9.17, 15) is 32.3 Å². The number of nitrogens with one attached hydrogen (secondary N) is 3. The number of carbonyl (C=O) groups is 2. The summed E-state index contributed by atoms with van der Waals surface area (Å²) in [5.41, 5.74) is -7.57. The van der Waals surface area contributed by atoms with Gasteiger partial charge in [-0.25, -0.2) is 9.36 Å². The van der Waals surface area contributed by atoms with Crippen LogP contribution in [0.4, 0.5) is 19.0 Å². The molecule has 0 saturated carbocycles. The molecule has 0 bridgehead atoms. The fourth-order valence-electron chi connectivity index (χ4n) is 3.25. The van der Waals surface area contributed by atoms with E-state index >= 15 is 0 Å². The molecule has 1 unspecified atom stereocenters. The van der Waals surface area contributed by atoms with Crippen LogP contribution in [0.3, 0.4) is 0 Å². The molecule has 160 valence electrons. The predicted octanol–water partition coefficient (Wildman–Crippen LogP) is 1.91. The highest BCUT2D eigenvalue weighted by atomic mass is 35.5. The standard InChI is InChI=1S/C18H10ClF3N4O5/c19-8-3-5-9(6-4-8)26-12-11(14(28)24-16(26)30)17(15(29)23-12,18(20,21)22)25-13(27)10-2-1-7-31-10/h1-7H,(H,23,29)(H,25,27)(H,24,28,30). The summed E-state index contributed by atoms with van der Waals surface area (Å²) in [6, 6.07) is 7.63. The molecule has 4 rings (SSSR count). The lowest BCUT2D eigenvalue weighted by Gasteiger charge is -2.29. The van der Waals surface area contributed by atoms with E-state index < -0.39 is 51.9 Å². The van der Waals surface area contributed by atoms with Gasteiger partial charge in [0.1, 0.15) is 11.4 Å². The summed E-state index contributed by atoms with van der Waals surface area (Å²) in [5.74, 6) is -4.42. The number of benzene rings is 1. The summed E-state index contributed by atoms with van der Waals surface area (Å²) in [6.07, 6.45) is -4.41. The van der Waals surface area contributed by atoms with Crippen LogP contribution in [0.1, 0.15) is 16.1 Å². The molecule has 3 N–H and O–H groups in total. The number of halogens is 4. The van der Waals surface area contributed by atoms with Crippen molar-refractivity contribution >= 4 is 29.2 Å². The number of aromatic amines is 1. The van der Waals surface area contributed by atoms with Gasteiger partial charge in [-0.1, -0.05) is 11.6 Å². The van der Waals surface area contributed by atoms with E-state index in [0.717, 1.165) is 12.3 Å². The maximum Gasteiger partial charge on any atom is 0.425 e. The molecule has 2 aromatic heterocycles. The van der Waals surface area contributed by atoms with Crippen molar-refractivity contribution < 1.29 is 27.2 Å². The number of nitrogens with zero attached hydrogens (tertiary/aromatic N) is 1. The van der Waals surface area contributed by atoms with Gasteiger partial charge in [-0.3, -0.25) is 19.4 Å². The Kier molecular flexibility index (Phi) is 4.54. The van der Waals surface area contributed by atoms with Crippen LogP contribution in [0.25, 0.3) is 5.69 Å². The minimum absolute atomic E-state index is 0.0116. The van der Waals surface area contributed by atoms with E-state index in [1.807, 2.05) is 5.32 Å². The monoisotopic (exact) mass is 454 g/mol. The van der Waals surface area contributed by atoms with Gasteiger partial charge >= 0.3 is 11.9 Å². The third-order valence-electron chi connectivity index (χ3n) is 4.61. The van der Waals surface area contributed by atoms with Crippen molar-refractivity contribution in [1.29, 1.82) is 0 Å². The van der Waals surface area contributed by atoms with E-state index in [0.29, 0.717) is 4.57 Å². The smallest absolute Gasteiger partial charge is 0.425 e. The molecule has 13 heteroatoms. The summed E-state index contributed by atoms with van der Waals surface area (Å²) >= 11 is 5.80. The van der Waals surface area contributed by atoms with Crippen molar-refractivity contribution in [3.05, 3.63) is 79.8 Å². The van der Waals surface area contributed by atoms with Gasteiger partial charge in [0.05, 0.1) is 12.0 Å². The lowest BCUT2D eigenvalue weighted by molar-refractivity contribution is -0.196. The average molecular weight is 455 g/mol. The Morgan fingerprint density at radius 3 is 2.39 bits per heavy atom. The summed E-state index contributed by atoms with van der Waals surface area (Å²) in [5, 5.41) is 3.75. The van der Waals surface area contributed by atoms with E-state index in [-0.39, 0.29) is 10.7 Å². The number of amides is 2. The van der Waals surface area contributed by atoms with Gasteiger partial charge < -0.3 is 15.1 Å². The molecular formula is C18H10ClF3N4O5. The second kappa shape index (κ2) is 6.87. The first-order chi connectivity index (χ1) is 14.6. The number of hydrogen-bond acceptors (Lipinski definition) is 5. The maximum absolute atomic E-state index is 14.3. The zero-order valence-electron chi connectivity index (χ0n) is 15.0. The highest BCUT2D eigenvalue weighted by Crippen LogP contribution is 2.45. The van der Waals surface area contributed by atoms with Crippen LogP contribution in [0, 0.1) is 0 Å². The van der Waals surface area contributed by atoms with E-state index in [4.69, 9.17) is 16.0 Å². The van der Waals surface area contributed by atoms with Crippen LogP contribution < -0.4 is 21.9 Å². The molecule has 0 saturated heterocycles. The molecule has 3 heterocycles. The van der Waals surface area contributed by atoms with Crippen molar-refractivity contribution in [2.75, 3.05) is 5.32 Å². The van der Waals surface area contributed by atoms with Gasteiger partial charge in [-0.2, -0.15) is 13.2 Å². The second-order valence-electron chi connectivity index (χ2n) is 6.43. The Bertz CT molecular complexity index is 1310. The first kappa shape index (κ1) is 20.5. The van der Waals surface area contributed by atoms with E-state index in [2.05, 4.69) is 0 Å². The van der Waals surface area contributed by atoms with Crippen molar-refractivity contribution in [3.8, 4) is 5.69 Å². The highest BCUT2D eigenvalue weighted by molar-refractivity contribution is 6.30. The van der Waals surface area contributed by atoms with Crippen LogP contribution >= 0.6 is 11.6 Å². The number of H-pyrrole nitrogens is 1. The van der Waals surface area contributed by atoms with Crippen LogP contribution in [-0.4, -0.2) is 27.5 Å². The first-order valence-electron chi connectivity index (χ1n) is 8.46.